The number of nitrogens with zero attached hydrogens (tertiary/aromatic N) is 8. The van der Waals surface area contributed by atoms with Crippen LogP contribution in [-0.4, -0.2) is 18.3 Å². The Bertz CT molecular complexity index is 6650. The van der Waals surface area contributed by atoms with E-state index in [4.69, 9.17) is 0 Å². The van der Waals surface area contributed by atoms with Gasteiger partial charge in [-0.25, -0.2) is 18.3 Å². The second-order valence-electron chi connectivity index (χ2n) is 39.2. The number of fused-ring (bicyclic) bond motifs is 4. The van der Waals surface area contributed by atoms with Crippen molar-refractivity contribution in [1.82, 2.24) is 18.3 Å². The van der Waals surface area contributed by atoms with Crippen LogP contribution < -0.4 is 18.3 Å². The predicted molar refractivity (Wildman–Crippen MR) is 516 cm³/mol. The van der Waals surface area contributed by atoms with E-state index in [1.165, 1.54) is 185 Å². The van der Waals surface area contributed by atoms with E-state index in [1.807, 2.05) is 0 Å². The van der Waals surface area contributed by atoms with Gasteiger partial charge in [0.25, 0.3) is 23.3 Å². The number of imidazole rings is 4. The third-order valence-corrected chi connectivity index (χ3v) is 24.7. The van der Waals surface area contributed by atoms with E-state index >= 15 is 0 Å². The van der Waals surface area contributed by atoms with Gasteiger partial charge in [0.1, 0.15) is 22.7 Å². The van der Waals surface area contributed by atoms with Gasteiger partial charge < -0.3 is 0 Å². The smallest absolute Gasteiger partial charge is 0.225 e. The summed E-state index contributed by atoms with van der Waals surface area (Å²) in [6.45, 7) is 49.5. The summed E-state index contributed by atoms with van der Waals surface area (Å²) in [5.74, 6) is 5.36. The molecule has 0 saturated heterocycles. The molecule has 620 valence electrons. The van der Waals surface area contributed by atoms with E-state index in [0.717, 1.165) is 0 Å². The highest BCUT2D eigenvalue weighted by Gasteiger charge is 2.34. The molecule has 0 radical (unpaired) electrons. The molecule has 0 N–H and O–H groups in total. The van der Waals surface area contributed by atoms with E-state index < -0.39 is 0 Å². The molecular weight excluding hydrogens is 1480 g/mol. The van der Waals surface area contributed by atoms with Crippen molar-refractivity contribution >= 4 is 44.1 Å². The molecule has 122 heavy (non-hydrogen) atoms. The third-order valence-electron chi connectivity index (χ3n) is 24.7. The third kappa shape index (κ3) is 17.4. The zero-order chi connectivity index (χ0) is 87.4. The molecule has 8 nitrogen and oxygen atoms in total. The highest BCUT2D eigenvalue weighted by atomic mass is 15.2. The number of hydrogen-bond acceptors (Lipinski definition) is 0. The summed E-state index contributed by atoms with van der Waals surface area (Å²) in [5.41, 5.74) is 37.5. The van der Waals surface area contributed by atoms with Gasteiger partial charge in [0.15, 0.2) is 44.1 Å². The molecule has 0 unspecified atom stereocenters. The molecule has 4 aromatic heterocycles. The number of para-hydroxylation sites is 8. The van der Waals surface area contributed by atoms with Crippen LogP contribution in [-0.2, 0) is 55.3 Å². The van der Waals surface area contributed by atoms with Crippen molar-refractivity contribution in [2.75, 3.05) is 0 Å². The van der Waals surface area contributed by atoms with Gasteiger partial charge in [-0.3, -0.25) is 0 Å². The fourth-order valence-corrected chi connectivity index (χ4v) is 17.4. The summed E-state index contributed by atoms with van der Waals surface area (Å²) in [4.78, 5) is 0. The van der Waals surface area contributed by atoms with Crippen molar-refractivity contribution in [3.63, 3.8) is 0 Å². The Morgan fingerprint density at radius 1 is 0.230 bits per heavy atom. The van der Waals surface area contributed by atoms with Crippen LogP contribution in [0.2, 0.25) is 0 Å². The zero-order valence-electron chi connectivity index (χ0n) is 77.4. The molecule has 0 atom stereocenters. The largest absolute Gasteiger partial charge is 0.295 e. The first-order valence-electron chi connectivity index (χ1n) is 43.7. The second-order valence-corrected chi connectivity index (χ2v) is 39.2. The second kappa shape index (κ2) is 34.0. The molecule has 4 heterocycles. The first-order valence-corrected chi connectivity index (χ1v) is 43.7. The van der Waals surface area contributed by atoms with Crippen LogP contribution in [0.4, 0.5) is 0 Å². The predicted octanol–water partition coefficient (Wildman–Crippen LogP) is 27.3. The lowest BCUT2D eigenvalue weighted by Gasteiger charge is -2.20. The molecule has 17 aromatic rings. The van der Waals surface area contributed by atoms with Crippen molar-refractivity contribution < 1.29 is 18.3 Å². The Hall–Kier alpha value is -12.3. The number of hydrogen-bond donors (Lipinski definition) is 0. The Labute approximate surface area is 727 Å². The minimum atomic E-state index is 0.134. The standard InChI is InChI=1S/C31H31N2.C29H35N2.C28H33N2.C26H29N2/c1-22-21-24(23-11-7-6-8-12-23)15-20-27(22)30-32(5)28-13-9-10-14-29(28)33(30)26-18-16-25(17-19-26)31(2,3)4;1-20-19-22(29(5,6)7)15-18-24(20)27-30(8)25-11-9-10-12-26(25)31(27)23-16-13-21(14-17-23)28(2,3)4;1-19(2)21-12-17-24(20(3)18-21)27-29(7)25-10-8-9-11-26(25)30(27)23-15-13-22(14-16-23)28(4,5)6;1-18-11-16-22(19(2)17-18)25-27(6)23-9-7-8-10-24(23)28(25)21-14-12-20(13-15-21)26(3,4)5/h6-21H,1-5H3;9-19H,1-8H3;8-19H,1-7H3;7-17H,1-6H3/q4*+1. The van der Waals surface area contributed by atoms with Crippen molar-refractivity contribution in [2.45, 2.75) is 185 Å². The Morgan fingerprint density at radius 2 is 0.484 bits per heavy atom. The molecule has 8 heteroatoms. The van der Waals surface area contributed by atoms with E-state index in [9.17, 15) is 0 Å². The molecular formula is C114H128N8+4. The summed E-state index contributed by atoms with van der Waals surface area (Å²) in [5, 5.41) is 0. The van der Waals surface area contributed by atoms with Gasteiger partial charge in [-0.05, 0) is 256 Å². The highest BCUT2D eigenvalue weighted by molar-refractivity contribution is 5.84. The maximum Gasteiger partial charge on any atom is 0.295 e. The van der Waals surface area contributed by atoms with E-state index in [0.29, 0.717) is 5.92 Å². The van der Waals surface area contributed by atoms with Gasteiger partial charge >= 0.3 is 0 Å². The number of benzene rings is 13. The molecule has 0 aliphatic rings. The van der Waals surface area contributed by atoms with Gasteiger partial charge in [0.2, 0.25) is 0 Å². The van der Waals surface area contributed by atoms with E-state index in [2.05, 4.69) is 514 Å². The molecule has 0 aliphatic carbocycles. The molecule has 0 bridgehead atoms. The number of rotatable bonds is 10. The van der Waals surface area contributed by atoms with E-state index in [-0.39, 0.29) is 27.1 Å². The fraction of sp³-hybridized carbons (Fsp3) is 0.281. The quantitative estimate of drug-likeness (QED) is 0.122. The van der Waals surface area contributed by atoms with Crippen molar-refractivity contribution in [2.24, 2.45) is 28.2 Å². The minimum absolute atomic E-state index is 0.134. The Morgan fingerprint density at radius 3 is 0.762 bits per heavy atom. The summed E-state index contributed by atoms with van der Waals surface area (Å²) in [6.07, 6.45) is 0. The maximum atomic E-state index is 2.40. The van der Waals surface area contributed by atoms with Gasteiger partial charge in [0.05, 0.1) is 50.4 Å². The lowest BCUT2D eigenvalue weighted by Crippen LogP contribution is -2.30. The summed E-state index contributed by atoms with van der Waals surface area (Å²) >= 11 is 0. The summed E-state index contributed by atoms with van der Waals surface area (Å²) in [6, 6.07) is 109. The molecule has 0 spiro atoms. The number of aryl methyl sites for hydroxylation is 9. The van der Waals surface area contributed by atoms with Crippen LogP contribution >= 0.6 is 0 Å². The molecule has 0 amide bonds. The molecule has 0 saturated carbocycles. The molecule has 13 aromatic carbocycles. The summed E-state index contributed by atoms with van der Waals surface area (Å²) in [7, 11) is 8.68. The Kier molecular flexibility index (Phi) is 24.0. The van der Waals surface area contributed by atoms with E-state index in [1.54, 1.807) is 0 Å². The molecule has 17 rings (SSSR count). The topological polar surface area (TPSA) is 35.2 Å². The van der Waals surface area contributed by atoms with Crippen LogP contribution in [0.3, 0.4) is 0 Å². The van der Waals surface area contributed by atoms with Gasteiger partial charge in [-0.2, -0.15) is 18.3 Å². The minimum Gasteiger partial charge on any atom is -0.225 e. The zero-order valence-corrected chi connectivity index (χ0v) is 77.4. The monoisotopic (exact) mass is 1610 g/mol. The first kappa shape index (κ1) is 86.1. The molecule has 0 fully saturated rings. The number of aromatic nitrogens is 8. The van der Waals surface area contributed by atoms with Crippen LogP contribution in [0.1, 0.15) is 185 Å². The van der Waals surface area contributed by atoms with Crippen LogP contribution in [0.5, 0.6) is 0 Å². The van der Waals surface area contributed by atoms with Crippen molar-refractivity contribution in [3.8, 4) is 79.4 Å². The van der Waals surface area contributed by atoms with Crippen LogP contribution in [0.25, 0.3) is 124 Å². The van der Waals surface area contributed by atoms with Crippen LogP contribution in [0, 0.1) is 34.6 Å². The average Bonchev–Trinajstić information content (AvgIpc) is 1.63. The van der Waals surface area contributed by atoms with Gasteiger partial charge in [-0.1, -0.05) is 299 Å². The normalized spacial score (nSPS) is 12.1. The van der Waals surface area contributed by atoms with Crippen molar-refractivity contribution in [3.05, 3.63) is 358 Å². The highest BCUT2D eigenvalue weighted by Crippen LogP contribution is 2.39. The first-order chi connectivity index (χ1) is 57.8. The van der Waals surface area contributed by atoms with Gasteiger partial charge in [0, 0.05) is 0 Å². The van der Waals surface area contributed by atoms with Gasteiger partial charge in [-0.15, -0.1) is 0 Å². The fourth-order valence-electron chi connectivity index (χ4n) is 17.4. The summed E-state index contributed by atoms with van der Waals surface area (Å²) < 4.78 is 18.9. The average molecular weight is 1610 g/mol. The van der Waals surface area contributed by atoms with Crippen molar-refractivity contribution in [1.29, 1.82) is 0 Å². The Balaban J connectivity index is 0.000000133. The SMILES string of the molecule is Cc1cc(-c2ccccc2)ccc1-c1n(-c2ccc(C(C)(C)C)cc2)c2ccccc2[n+]1C.Cc1cc(C(C)(C)C)ccc1-c1n(-c2ccc(C(C)(C)C)cc2)c2ccccc2[n+]1C.Cc1cc(C(C)C)ccc1-c1n(-c2ccc(C(C)(C)C)cc2)c2ccccc2[n+]1C.Cc1ccc(-c2n(-c3ccc(C(C)(C)C)cc3)c3ccccc3[n+]2C)c(C)c1. The molecule has 0 aliphatic heterocycles. The lowest BCUT2D eigenvalue weighted by molar-refractivity contribution is -0.634. The maximum absolute atomic E-state index is 2.40. The van der Waals surface area contributed by atoms with Crippen LogP contribution in [0.15, 0.2) is 297 Å². The lowest BCUT2D eigenvalue weighted by atomic mass is 9.85.